The molecule has 0 bridgehead atoms. The van der Waals surface area contributed by atoms with Crippen molar-refractivity contribution in [2.45, 2.75) is 19.4 Å². The molecule has 2 nitrogen and oxygen atoms in total. The van der Waals surface area contributed by atoms with Crippen LogP contribution in [0.3, 0.4) is 0 Å². The average Bonchev–Trinajstić information content (AvgIpc) is 2.39. The standard InChI is InChI=1S/C15H16FNO/c1-2-15(13-5-3-4-6-14(13)16)17-11-7-9-12(18)10-8-11/h3-10,15,17-18H,2H2,1H3. The third-order valence-corrected chi connectivity index (χ3v) is 2.90. The molecule has 0 aliphatic carbocycles. The molecule has 2 rings (SSSR count). The van der Waals surface area contributed by atoms with Crippen LogP contribution in [0.1, 0.15) is 24.9 Å². The summed E-state index contributed by atoms with van der Waals surface area (Å²) >= 11 is 0. The van der Waals surface area contributed by atoms with E-state index in [1.165, 1.54) is 6.07 Å². The summed E-state index contributed by atoms with van der Waals surface area (Å²) in [5.41, 5.74) is 1.52. The molecule has 0 saturated heterocycles. The predicted molar refractivity (Wildman–Crippen MR) is 71.2 cm³/mol. The Morgan fingerprint density at radius 2 is 1.78 bits per heavy atom. The van der Waals surface area contributed by atoms with Crippen LogP contribution in [0.4, 0.5) is 10.1 Å². The topological polar surface area (TPSA) is 32.3 Å². The first-order valence-corrected chi connectivity index (χ1v) is 6.00. The quantitative estimate of drug-likeness (QED) is 0.795. The summed E-state index contributed by atoms with van der Waals surface area (Å²) in [5, 5.41) is 12.5. The molecule has 0 fully saturated rings. The van der Waals surface area contributed by atoms with Crippen molar-refractivity contribution in [3.63, 3.8) is 0 Å². The molecule has 1 atom stereocenters. The van der Waals surface area contributed by atoms with E-state index in [0.717, 1.165) is 12.1 Å². The van der Waals surface area contributed by atoms with Crippen molar-refractivity contribution in [3.05, 3.63) is 59.9 Å². The van der Waals surface area contributed by atoms with Gasteiger partial charge in [-0.3, -0.25) is 0 Å². The monoisotopic (exact) mass is 245 g/mol. The molecule has 0 aliphatic rings. The van der Waals surface area contributed by atoms with E-state index in [0.29, 0.717) is 5.56 Å². The zero-order valence-corrected chi connectivity index (χ0v) is 10.2. The highest BCUT2D eigenvalue weighted by Crippen LogP contribution is 2.25. The van der Waals surface area contributed by atoms with Gasteiger partial charge in [0.15, 0.2) is 0 Å². The first kappa shape index (κ1) is 12.4. The molecular formula is C15H16FNO. The molecule has 94 valence electrons. The number of hydrogen-bond donors (Lipinski definition) is 2. The molecule has 0 amide bonds. The van der Waals surface area contributed by atoms with Crippen LogP contribution in [-0.4, -0.2) is 5.11 Å². The Balaban J connectivity index is 2.20. The fraction of sp³-hybridized carbons (Fsp3) is 0.200. The third-order valence-electron chi connectivity index (χ3n) is 2.90. The number of aromatic hydroxyl groups is 1. The van der Waals surface area contributed by atoms with Crippen molar-refractivity contribution < 1.29 is 9.50 Å². The number of anilines is 1. The van der Waals surface area contributed by atoms with E-state index in [1.807, 2.05) is 13.0 Å². The predicted octanol–water partition coefficient (Wildman–Crippen LogP) is 4.09. The van der Waals surface area contributed by atoms with Crippen molar-refractivity contribution in [3.8, 4) is 5.75 Å². The molecule has 0 aliphatic heterocycles. The van der Waals surface area contributed by atoms with Gasteiger partial charge in [0.05, 0.1) is 6.04 Å². The lowest BCUT2D eigenvalue weighted by Crippen LogP contribution is -2.11. The Labute approximate surface area is 106 Å². The van der Waals surface area contributed by atoms with Gasteiger partial charge >= 0.3 is 0 Å². The number of hydrogen-bond acceptors (Lipinski definition) is 2. The zero-order valence-electron chi connectivity index (χ0n) is 10.2. The van der Waals surface area contributed by atoms with Gasteiger partial charge in [-0.2, -0.15) is 0 Å². The van der Waals surface area contributed by atoms with Crippen LogP contribution in [0.25, 0.3) is 0 Å². The van der Waals surface area contributed by atoms with Crippen LogP contribution in [0.5, 0.6) is 5.75 Å². The SMILES string of the molecule is CCC(Nc1ccc(O)cc1)c1ccccc1F. The summed E-state index contributed by atoms with van der Waals surface area (Å²) in [7, 11) is 0. The summed E-state index contributed by atoms with van der Waals surface area (Å²) < 4.78 is 13.7. The number of phenolic OH excluding ortho intramolecular Hbond substituents is 1. The van der Waals surface area contributed by atoms with Gasteiger partial charge < -0.3 is 10.4 Å². The van der Waals surface area contributed by atoms with E-state index in [1.54, 1.807) is 36.4 Å². The molecule has 0 radical (unpaired) electrons. The lowest BCUT2D eigenvalue weighted by molar-refractivity contribution is 0.475. The Kier molecular flexibility index (Phi) is 3.82. The van der Waals surface area contributed by atoms with E-state index < -0.39 is 0 Å². The van der Waals surface area contributed by atoms with Gasteiger partial charge in [0.2, 0.25) is 0 Å². The lowest BCUT2D eigenvalue weighted by atomic mass is 10.0. The van der Waals surface area contributed by atoms with E-state index in [4.69, 9.17) is 0 Å². The summed E-state index contributed by atoms with van der Waals surface area (Å²) in [5.74, 6) is 0.0233. The second-order valence-electron chi connectivity index (χ2n) is 4.17. The van der Waals surface area contributed by atoms with Gasteiger partial charge in [0, 0.05) is 11.3 Å². The van der Waals surface area contributed by atoms with Gasteiger partial charge in [0.1, 0.15) is 11.6 Å². The van der Waals surface area contributed by atoms with Crippen LogP contribution in [0, 0.1) is 5.82 Å². The first-order valence-electron chi connectivity index (χ1n) is 6.00. The maximum absolute atomic E-state index is 13.7. The molecule has 2 N–H and O–H groups in total. The van der Waals surface area contributed by atoms with E-state index >= 15 is 0 Å². The van der Waals surface area contributed by atoms with Crippen molar-refractivity contribution in [2.75, 3.05) is 5.32 Å². The van der Waals surface area contributed by atoms with Crippen LogP contribution in [0.15, 0.2) is 48.5 Å². The Hall–Kier alpha value is -2.03. The Morgan fingerprint density at radius 1 is 1.11 bits per heavy atom. The molecule has 0 heterocycles. The molecule has 1 unspecified atom stereocenters. The smallest absolute Gasteiger partial charge is 0.128 e. The number of benzene rings is 2. The summed E-state index contributed by atoms with van der Waals surface area (Å²) in [6, 6.07) is 13.5. The number of rotatable bonds is 4. The van der Waals surface area contributed by atoms with E-state index in [-0.39, 0.29) is 17.6 Å². The number of halogens is 1. The van der Waals surface area contributed by atoms with Crippen molar-refractivity contribution in [2.24, 2.45) is 0 Å². The summed E-state index contributed by atoms with van der Waals surface area (Å²) in [4.78, 5) is 0. The van der Waals surface area contributed by atoms with Gasteiger partial charge in [0.25, 0.3) is 0 Å². The van der Waals surface area contributed by atoms with Gasteiger partial charge in [-0.05, 0) is 36.8 Å². The molecule has 0 saturated carbocycles. The minimum atomic E-state index is -0.198. The van der Waals surface area contributed by atoms with Crippen LogP contribution < -0.4 is 5.32 Å². The van der Waals surface area contributed by atoms with Gasteiger partial charge in [-0.25, -0.2) is 4.39 Å². The molecule has 0 aromatic heterocycles. The molecule has 2 aromatic rings. The Bertz CT molecular complexity index is 510. The summed E-state index contributed by atoms with van der Waals surface area (Å²) in [6.07, 6.45) is 0.780. The van der Waals surface area contributed by atoms with E-state index in [2.05, 4.69) is 5.32 Å². The number of nitrogens with one attached hydrogen (secondary N) is 1. The largest absolute Gasteiger partial charge is 0.508 e. The number of phenols is 1. The Morgan fingerprint density at radius 3 is 2.39 bits per heavy atom. The highest BCUT2D eigenvalue weighted by molar-refractivity contribution is 5.48. The highest BCUT2D eigenvalue weighted by Gasteiger charge is 2.12. The maximum Gasteiger partial charge on any atom is 0.128 e. The maximum atomic E-state index is 13.7. The second-order valence-corrected chi connectivity index (χ2v) is 4.17. The van der Waals surface area contributed by atoms with Crippen LogP contribution in [0.2, 0.25) is 0 Å². The third kappa shape index (κ3) is 2.80. The van der Waals surface area contributed by atoms with Crippen molar-refractivity contribution in [1.82, 2.24) is 0 Å². The molecule has 18 heavy (non-hydrogen) atoms. The zero-order chi connectivity index (χ0) is 13.0. The van der Waals surface area contributed by atoms with Crippen molar-refractivity contribution in [1.29, 1.82) is 0 Å². The van der Waals surface area contributed by atoms with Crippen molar-refractivity contribution >= 4 is 5.69 Å². The van der Waals surface area contributed by atoms with Gasteiger partial charge in [-0.15, -0.1) is 0 Å². The highest BCUT2D eigenvalue weighted by atomic mass is 19.1. The second kappa shape index (κ2) is 5.54. The van der Waals surface area contributed by atoms with Crippen LogP contribution >= 0.6 is 0 Å². The molecule has 3 heteroatoms. The van der Waals surface area contributed by atoms with Gasteiger partial charge in [-0.1, -0.05) is 25.1 Å². The van der Waals surface area contributed by atoms with Crippen LogP contribution in [-0.2, 0) is 0 Å². The normalized spacial score (nSPS) is 12.1. The molecular weight excluding hydrogens is 229 g/mol. The molecule has 0 spiro atoms. The minimum absolute atomic E-state index is 0.0734. The fourth-order valence-corrected chi connectivity index (χ4v) is 1.92. The van der Waals surface area contributed by atoms with E-state index in [9.17, 15) is 9.50 Å². The average molecular weight is 245 g/mol. The lowest BCUT2D eigenvalue weighted by Gasteiger charge is -2.19. The minimum Gasteiger partial charge on any atom is -0.508 e. The summed E-state index contributed by atoms with van der Waals surface area (Å²) in [6.45, 7) is 2.00. The molecule has 2 aromatic carbocycles. The first-order chi connectivity index (χ1) is 8.70. The fourth-order valence-electron chi connectivity index (χ4n) is 1.92.